The van der Waals surface area contributed by atoms with Crippen molar-refractivity contribution in [3.05, 3.63) is 117 Å². The van der Waals surface area contributed by atoms with E-state index in [9.17, 15) is 0 Å². The zero-order chi connectivity index (χ0) is 52.2. The fraction of sp³-hybridized carbons (Fsp3) is 0.548. The molecule has 378 valence electrons. The molecule has 0 saturated carbocycles. The molecule has 4 aromatic rings. The molecule has 0 amide bonds. The lowest BCUT2D eigenvalue weighted by Crippen LogP contribution is -2.08. The zero-order valence-electron chi connectivity index (χ0n) is 48.7. The molecule has 0 N–H and O–H groups in total. The van der Waals surface area contributed by atoms with Crippen LogP contribution in [-0.2, 0) is 25.7 Å². The van der Waals surface area contributed by atoms with E-state index in [2.05, 4.69) is 201 Å². The van der Waals surface area contributed by atoms with Crippen LogP contribution in [0, 0.1) is 0 Å². The van der Waals surface area contributed by atoms with Crippen LogP contribution in [-0.4, -0.2) is 102 Å². The first-order chi connectivity index (χ1) is 31.9. The van der Waals surface area contributed by atoms with E-state index in [1.54, 1.807) is 0 Å². The molecule has 0 saturated heterocycles. The van der Waals surface area contributed by atoms with E-state index in [0.717, 1.165) is 51.9 Å². The van der Waals surface area contributed by atoms with Gasteiger partial charge in [0.15, 0.2) is 0 Å². The van der Waals surface area contributed by atoms with Crippen molar-refractivity contribution in [3.63, 3.8) is 0 Å². The molecule has 0 fully saturated rings. The minimum atomic E-state index is 1.10. The smallest absolute Gasteiger partial charge is 0.00533 e. The van der Waals surface area contributed by atoms with Crippen molar-refractivity contribution in [3.8, 4) is 0 Å². The maximum absolute atomic E-state index is 2.34. The van der Waals surface area contributed by atoms with Crippen molar-refractivity contribution in [2.24, 2.45) is 0 Å². The predicted octanol–water partition coefficient (Wildman–Crippen LogP) is 17.4. The van der Waals surface area contributed by atoms with Gasteiger partial charge in [-0.3, -0.25) is 0 Å². The first-order valence-electron chi connectivity index (χ1n) is 26.3. The Morgan fingerprint density at radius 3 is 0.530 bits per heavy atom. The van der Waals surface area contributed by atoms with Crippen LogP contribution in [0.25, 0.3) is 45.8 Å². The summed E-state index contributed by atoms with van der Waals surface area (Å²) in [6.07, 6.45) is 22.3. The molecule has 0 radical (unpaired) electrons. The highest BCUT2D eigenvalue weighted by Gasteiger charge is 2.12. The largest absolute Gasteiger partial charge is 0.310 e. The highest BCUT2D eigenvalue weighted by atomic mass is 15.0. The van der Waals surface area contributed by atoms with Crippen LogP contribution < -0.4 is 0 Å². The van der Waals surface area contributed by atoms with E-state index in [1.807, 2.05) is 96.9 Å². The Bertz CT molecular complexity index is 1570. The van der Waals surface area contributed by atoms with Gasteiger partial charge in [-0.05, 0) is 199 Å². The van der Waals surface area contributed by atoms with E-state index in [1.165, 1.54) is 66.1 Å². The second-order valence-electron chi connectivity index (χ2n) is 14.9. The maximum atomic E-state index is 2.34. The molecule has 4 aliphatic carbocycles. The molecule has 0 bridgehead atoms. The lowest BCUT2D eigenvalue weighted by molar-refractivity contribution is 0.434. The number of hydrogen-bond donors (Lipinski definition) is 0. The minimum absolute atomic E-state index is 1.10. The fourth-order valence-corrected chi connectivity index (χ4v) is 5.54. The van der Waals surface area contributed by atoms with Crippen LogP contribution >= 0.6 is 0 Å². The van der Waals surface area contributed by atoms with Gasteiger partial charge in [0.1, 0.15) is 0 Å². The average molecular weight is 912 g/mol. The molecule has 66 heavy (non-hydrogen) atoms. The molecule has 0 heterocycles. The topological polar surface area (TPSA) is 13.0 Å². The van der Waals surface area contributed by atoms with Crippen molar-refractivity contribution in [1.82, 2.24) is 19.6 Å². The Morgan fingerprint density at radius 2 is 0.409 bits per heavy atom. The Balaban J connectivity index is -0.000000230. The number of benzene rings is 4. The summed E-state index contributed by atoms with van der Waals surface area (Å²) in [4.78, 5) is 8.50. The van der Waals surface area contributed by atoms with Gasteiger partial charge in [-0.15, -0.1) is 0 Å². The second-order valence-corrected chi connectivity index (χ2v) is 14.9. The molecule has 0 unspecified atom stereocenters. The molecule has 0 spiro atoms. The third-order valence-corrected chi connectivity index (χ3v) is 9.78. The first kappa shape index (κ1) is 71.2. The van der Waals surface area contributed by atoms with Crippen LogP contribution in [0.2, 0.25) is 0 Å². The van der Waals surface area contributed by atoms with Crippen molar-refractivity contribution in [2.75, 3.05) is 82.6 Å². The molecule has 8 rings (SSSR count). The summed E-state index contributed by atoms with van der Waals surface area (Å²) >= 11 is 0. The molecule has 4 aliphatic rings. The van der Waals surface area contributed by atoms with Crippen LogP contribution in [0.15, 0.2) is 72.8 Å². The van der Waals surface area contributed by atoms with E-state index in [0.29, 0.717) is 0 Å². The average Bonchev–Trinajstić information content (AvgIpc) is 4.22. The van der Waals surface area contributed by atoms with E-state index in [-0.39, 0.29) is 0 Å². The summed E-state index contributed by atoms with van der Waals surface area (Å²) in [6, 6.07) is 18.7. The molecule has 0 aliphatic heterocycles. The van der Waals surface area contributed by atoms with Gasteiger partial charge < -0.3 is 19.6 Å². The van der Waals surface area contributed by atoms with Gasteiger partial charge in [0.25, 0.3) is 0 Å². The molecular weight excluding hydrogens is 801 g/mol. The zero-order valence-corrected chi connectivity index (χ0v) is 48.7. The van der Waals surface area contributed by atoms with Gasteiger partial charge in [0, 0.05) is 0 Å². The maximum Gasteiger partial charge on any atom is -0.00533 e. The van der Waals surface area contributed by atoms with Crippen molar-refractivity contribution >= 4 is 45.8 Å². The van der Waals surface area contributed by atoms with Crippen LogP contribution in [0.1, 0.15) is 169 Å². The predicted molar refractivity (Wildman–Crippen MR) is 315 cm³/mol. The quantitative estimate of drug-likeness (QED) is 0.202. The Hall–Kier alpha value is -3.80. The molecule has 4 aromatic carbocycles. The van der Waals surface area contributed by atoms with Crippen LogP contribution in [0.3, 0.4) is 0 Å². The molecule has 4 heteroatoms. The van der Waals surface area contributed by atoms with Crippen molar-refractivity contribution < 1.29 is 0 Å². The van der Waals surface area contributed by atoms with E-state index in [4.69, 9.17) is 0 Å². The normalized spacial score (nSPS) is 11.2. The van der Waals surface area contributed by atoms with Gasteiger partial charge >= 0.3 is 0 Å². The van der Waals surface area contributed by atoms with Gasteiger partial charge in [0.05, 0.1) is 0 Å². The van der Waals surface area contributed by atoms with Gasteiger partial charge in [-0.25, -0.2) is 0 Å². The number of nitrogens with zero attached hydrogens (tertiary/aromatic N) is 4. The number of fused-ring (bicyclic) bond motifs is 6. The van der Waals surface area contributed by atoms with Crippen molar-refractivity contribution in [2.45, 2.75) is 150 Å². The second kappa shape index (κ2) is 47.7. The number of rotatable bonds is 4. The molecule has 4 nitrogen and oxygen atoms in total. The molecule has 0 aromatic heterocycles. The highest BCUT2D eigenvalue weighted by molar-refractivity contribution is 5.91. The molecule has 0 atom stereocenters. The monoisotopic (exact) mass is 911 g/mol. The summed E-state index contributed by atoms with van der Waals surface area (Å²) in [5.74, 6) is 0. The third-order valence-electron chi connectivity index (χ3n) is 9.78. The molecular formula is C62H110N4. The summed E-state index contributed by atoms with van der Waals surface area (Å²) < 4.78 is 0. The van der Waals surface area contributed by atoms with Gasteiger partial charge in [-0.1, -0.05) is 198 Å². The summed E-state index contributed by atoms with van der Waals surface area (Å²) in [6.45, 7) is 41.1. The lowest BCUT2D eigenvalue weighted by atomic mass is 9.98. The van der Waals surface area contributed by atoms with Crippen LogP contribution in [0.4, 0.5) is 0 Å². The Morgan fingerprint density at radius 1 is 0.273 bits per heavy atom. The number of hydrogen-bond acceptors (Lipinski definition) is 4. The third kappa shape index (κ3) is 29.8. The Kier molecular flexibility index (Phi) is 51.4. The SMILES string of the molecule is C1=Cc2cc3cc4c(cc3cc2C1)C=CC4.C1=Cc2cc3cc4c(cc3cc2C1)C=CC4.CC.CC.CC.CC.CC.CC.CC.CCN(C)C.CCN(C)C.CCN(C)C.CCN(C)C. The van der Waals surface area contributed by atoms with E-state index >= 15 is 0 Å². The number of allylic oxidation sites excluding steroid dienone is 4. The summed E-state index contributed by atoms with van der Waals surface area (Å²) in [5, 5.41) is 5.53. The van der Waals surface area contributed by atoms with Crippen LogP contribution in [0.5, 0.6) is 0 Å². The van der Waals surface area contributed by atoms with Gasteiger partial charge in [-0.2, -0.15) is 0 Å². The minimum Gasteiger partial charge on any atom is -0.310 e. The lowest BCUT2D eigenvalue weighted by Gasteiger charge is -2.06. The fourth-order valence-electron chi connectivity index (χ4n) is 5.54. The highest BCUT2D eigenvalue weighted by Crippen LogP contribution is 2.32. The summed E-state index contributed by atoms with van der Waals surface area (Å²) in [5.41, 5.74) is 11.5. The standard InChI is InChI=1S/2C16H12.4C4H11N.7C2H6/c2*1-3-11-7-15-9-13-5-2-6-14(13)10-16(15)8-12(11)4-1;4*1-4-5(2)3;7*1-2/h2*1-3,6-10H,4-5H2;4*4H2,1-3H3;7*1-2H3. The first-order valence-corrected chi connectivity index (χ1v) is 26.3. The van der Waals surface area contributed by atoms with Gasteiger partial charge in [0.2, 0.25) is 0 Å². The Labute approximate surface area is 414 Å². The summed E-state index contributed by atoms with van der Waals surface area (Å²) in [7, 11) is 16.4. The van der Waals surface area contributed by atoms with E-state index < -0.39 is 0 Å². The van der Waals surface area contributed by atoms with Crippen molar-refractivity contribution in [1.29, 1.82) is 0 Å².